The van der Waals surface area contributed by atoms with Gasteiger partial charge in [0.1, 0.15) is 0 Å². The average Bonchev–Trinajstić information content (AvgIpc) is 3.75. The van der Waals surface area contributed by atoms with Crippen molar-refractivity contribution >= 4 is 91.7 Å². The van der Waals surface area contributed by atoms with Crippen LogP contribution in [0.1, 0.15) is 0 Å². The van der Waals surface area contributed by atoms with Gasteiger partial charge in [-0.3, -0.25) is 0 Å². The Morgan fingerprint density at radius 3 is 1.74 bits per heavy atom. The third kappa shape index (κ3) is 6.53. The first kappa shape index (κ1) is 38.2. The van der Waals surface area contributed by atoms with Gasteiger partial charge in [-0.25, -0.2) is 0 Å². The molecule has 0 aliphatic heterocycles. The highest BCUT2D eigenvalue weighted by atomic mass is 32.1. The molecule has 0 spiro atoms. The normalized spacial score (nSPS) is 11.6. The Labute approximate surface area is 387 Å². The largest absolute Gasteiger partial charge is 0.310 e. The Hall–Kier alpha value is -8.30. The number of fused-ring (bicyclic) bond motifs is 8. The summed E-state index contributed by atoms with van der Waals surface area (Å²) in [5.74, 6) is 0. The zero-order valence-corrected chi connectivity index (χ0v) is 36.8. The minimum Gasteiger partial charge on any atom is -0.310 e. The number of thiophene rings is 1. The zero-order valence-electron chi connectivity index (χ0n) is 36.0. The second-order valence-electron chi connectivity index (χ2n) is 17.3. The molecule has 0 N–H and O–H groups in total. The molecule has 0 aliphatic rings. The maximum atomic E-state index is 2.46. The molecular formula is C64H41NS. The fourth-order valence-corrected chi connectivity index (χ4v) is 11.3. The lowest BCUT2D eigenvalue weighted by Crippen LogP contribution is -2.11. The maximum Gasteiger partial charge on any atom is 0.0540 e. The Balaban J connectivity index is 0.979. The van der Waals surface area contributed by atoms with Gasteiger partial charge in [0, 0.05) is 37.1 Å². The van der Waals surface area contributed by atoms with Crippen molar-refractivity contribution in [1.29, 1.82) is 0 Å². The molecule has 12 aromatic carbocycles. The Morgan fingerprint density at radius 1 is 0.242 bits per heavy atom. The first-order valence-corrected chi connectivity index (χ1v) is 23.5. The molecule has 1 aromatic heterocycles. The summed E-state index contributed by atoms with van der Waals surface area (Å²) in [4.78, 5) is 2.46. The van der Waals surface area contributed by atoms with Gasteiger partial charge < -0.3 is 4.90 Å². The highest BCUT2D eigenvalue weighted by molar-refractivity contribution is 7.25. The van der Waals surface area contributed by atoms with Crippen molar-refractivity contribution in [2.45, 2.75) is 0 Å². The fraction of sp³-hybridized carbons (Fsp3) is 0. The summed E-state index contributed by atoms with van der Waals surface area (Å²) in [6.45, 7) is 0. The van der Waals surface area contributed by atoms with E-state index in [1.54, 1.807) is 0 Å². The van der Waals surface area contributed by atoms with Crippen LogP contribution in [0.5, 0.6) is 0 Å². The molecule has 0 saturated carbocycles. The Morgan fingerprint density at radius 2 is 0.879 bits per heavy atom. The highest BCUT2D eigenvalue weighted by Gasteiger charge is 2.21. The standard InChI is InChI=1S/C64H41NS/c1-2-14-44(15-3-1)60-40-49(54-26-13-18-43-16-4-6-21-53(43)54)33-35-62(60)65(52-34-32-47-38-61-58-25-10-11-27-63(58)66-64(61)41-50(47)37-52)51-20-12-19-46(36-51)42-28-30-45(31-29-42)59-39-48-17-5-7-22-55(48)56-23-8-9-24-57(56)59/h1-41H. The second-order valence-corrected chi connectivity index (χ2v) is 18.3. The van der Waals surface area contributed by atoms with Gasteiger partial charge in [-0.15, -0.1) is 11.3 Å². The summed E-state index contributed by atoms with van der Waals surface area (Å²) in [6.07, 6.45) is 0. The van der Waals surface area contributed by atoms with Gasteiger partial charge in [0.05, 0.1) is 5.69 Å². The lowest BCUT2D eigenvalue weighted by atomic mass is 9.92. The Bertz CT molecular complexity index is 3990. The van der Waals surface area contributed by atoms with E-state index in [1.807, 2.05) is 11.3 Å². The molecule has 0 amide bonds. The van der Waals surface area contributed by atoms with Crippen molar-refractivity contribution in [2.75, 3.05) is 4.90 Å². The van der Waals surface area contributed by atoms with Crippen molar-refractivity contribution in [3.8, 4) is 44.5 Å². The van der Waals surface area contributed by atoms with Gasteiger partial charge in [0.25, 0.3) is 0 Å². The molecule has 66 heavy (non-hydrogen) atoms. The predicted molar refractivity (Wildman–Crippen MR) is 286 cm³/mol. The lowest BCUT2D eigenvalue weighted by Gasteiger charge is -2.29. The summed E-state index contributed by atoms with van der Waals surface area (Å²) < 4.78 is 2.62. The van der Waals surface area contributed by atoms with Gasteiger partial charge in [0.15, 0.2) is 0 Å². The van der Waals surface area contributed by atoms with Crippen molar-refractivity contribution in [3.05, 3.63) is 249 Å². The summed E-state index contributed by atoms with van der Waals surface area (Å²) in [5.41, 5.74) is 12.9. The van der Waals surface area contributed by atoms with Gasteiger partial charge in [-0.05, 0) is 143 Å². The summed E-state index contributed by atoms with van der Waals surface area (Å²) >= 11 is 1.87. The first-order chi connectivity index (χ1) is 32.7. The van der Waals surface area contributed by atoms with Crippen molar-refractivity contribution in [2.24, 2.45) is 0 Å². The number of rotatable bonds is 7. The average molecular weight is 856 g/mol. The van der Waals surface area contributed by atoms with Gasteiger partial charge >= 0.3 is 0 Å². The van der Waals surface area contributed by atoms with Gasteiger partial charge in [0.2, 0.25) is 0 Å². The molecule has 0 fully saturated rings. The minimum atomic E-state index is 1.09. The molecule has 0 radical (unpaired) electrons. The minimum absolute atomic E-state index is 1.09. The van der Waals surface area contributed by atoms with Crippen LogP contribution in [0.4, 0.5) is 17.1 Å². The van der Waals surface area contributed by atoms with Crippen LogP contribution in [0.15, 0.2) is 249 Å². The second kappa shape index (κ2) is 15.7. The lowest BCUT2D eigenvalue weighted by molar-refractivity contribution is 1.29. The molecule has 1 nitrogen and oxygen atoms in total. The van der Waals surface area contributed by atoms with Crippen LogP contribution < -0.4 is 4.90 Å². The summed E-state index contributed by atoms with van der Waals surface area (Å²) in [7, 11) is 0. The molecule has 308 valence electrons. The van der Waals surface area contributed by atoms with Crippen LogP contribution in [-0.4, -0.2) is 0 Å². The third-order valence-electron chi connectivity index (χ3n) is 13.4. The quantitative estimate of drug-likeness (QED) is 0.144. The van der Waals surface area contributed by atoms with E-state index in [1.165, 1.54) is 102 Å². The van der Waals surface area contributed by atoms with E-state index in [9.17, 15) is 0 Å². The molecule has 0 bridgehead atoms. The number of benzene rings is 12. The van der Waals surface area contributed by atoms with E-state index in [4.69, 9.17) is 0 Å². The van der Waals surface area contributed by atoms with Crippen LogP contribution in [0, 0.1) is 0 Å². The van der Waals surface area contributed by atoms with Crippen LogP contribution in [0.3, 0.4) is 0 Å². The topological polar surface area (TPSA) is 3.24 Å². The number of hydrogen-bond acceptors (Lipinski definition) is 2. The number of nitrogens with zero attached hydrogens (tertiary/aromatic N) is 1. The monoisotopic (exact) mass is 855 g/mol. The molecule has 1 heterocycles. The van der Waals surface area contributed by atoms with Crippen molar-refractivity contribution in [1.82, 2.24) is 0 Å². The smallest absolute Gasteiger partial charge is 0.0540 e. The van der Waals surface area contributed by atoms with E-state index in [0.717, 1.165) is 22.6 Å². The van der Waals surface area contributed by atoms with Crippen LogP contribution in [0.25, 0.3) is 108 Å². The highest BCUT2D eigenvalue weighted by Crippen LogP contribution is 2.46. The summed E-state index contributed by atoms with van der Waals surface area (Å²) in [6, 6.07) is 91.7. The molecule has 13 aromatic rings. The van der Waals surface area contributed by atoms with E-state index in [-0.39, 0.29) is 0 Å². The predicted octanol–water partition coefficient (Wildman–Crippen LogP) is 18.8. The molecule has 0 aliphatic carbocycles. The zero-order chi connectivity index (χ0) is 43.6. The molecule has 0 saturated heterocycles. The Kier molecular flexibility index (Phi) is 9.11. The van der Waals surface area contributed by atoms with Crippen molar-refractivity contribution in [3.63, 3.8) is 0 Å². The maximum absolute atomic E-state index is 2.46. The van der Waals surface area contributed by atoms with Gasteiger partial charge in [-0.1, -0.05) is 188 Å². The van der Waals surface area contributed by atoms with Crippen LogP contribution >= 0.6 is 11.3 Å². The fourth-order valence-electron chi connectivity index (χ4n) is 10.2. The van der Waals surface area contributed by atoms with E-state index < -0.39 is 0 Å². The van der Waals surface area contributed by atoms with Gasteiger partial charge in [-0.2, -0.15) is 0 Å². The summed E-state index contributed by atoms with van der Waals surface area (Å²) in [5, 5.41) is 12.7. The SMILES string of the molecule is c1ccc(-c2cc(-c3cccc4ccccc34)ccc2N(c2cccc(-c3ccc(-c4cc5ccccc5c5ccccc45)cc3)c2)c2ccc3cc4c(cc3c2)sc2ccccc24)cc1. The molecule has 0 atom stereocenters. The first-order valence-electron chi connectivity index (χ1n) is 22.6. The van der Waals surface area contributed by atoms with Crippen molar-refractivity contribution < 1.29 is 0 Å². The number of hydrogen-bond donors (Lipinski definition) is 0. The van der Waals surface area contributed by atoms with E-state index in [0.29, 0.717) is 0 Å². The van der Waals surface area contributed by atoms with Crippen LogP contribution in [0.2, 0.25) is 0 Å². The third-order valence-corrected chi connectivity index (χ3v) is 14.5. The molecule has 0 unspecified atom stereocenters. The van der Waals surface area contributed by atoms with E-state index >= 15 is 0 Å². The molecular weight excluding hydrogens is 815 g/mol. The van der Waals surface area contributed by atoms with Crippen LogP contribution in [-0.2, 0) is 0 Å². The molecule has 2 heteroatoms. The van der Waals surface area contributed by atoms with E-state index in [2.05, 4.69) is 254 Å². The molecule has 13 rings (SSSR count). The number of anilines is 3.